The summed E-state index contributed by atoms with van der Waals surface area (Å²) in [6, 6.07) is 9.29. The summed E-state index contributed by atoms with van der Waals surface area (Å²) in [5, 5.41) is 19.8. The van der Waals surface area contributed by atoms with Crippen molar-refractivity contribution in [3.8, 4) is 6.07 Å². The second-order valence-corrected chi connectivity index (χ2v) is 14.6. The molecule has 1 aliphatic heterocycles. The number of nitrogens with two attached hydrogens (primary N) is 1. The maximum absolute atomic E-state index is 12.7. The van der Waals surface area contributed by atoms with E-state index in [4.69, 9.17) is 10.7 Å². The van der Waals surface area contributed by atoms with Crippen LogP contribution in [0.4, 0.5) is 0 Å². The van der Waals surface area contributed by atoms with Crippen molar-refractivity contribution >= 4 is 11.7 Å². The number of likely N-dealkylation sites (tertiary alicyclic amines) is 1. The van der Waals surface area contributed by atoms with Gasteiger partial charge in [-0.25, -0.2) is 0 Å². The number of allylic oxidation sites excluding steroid dienone is 1. The highest BCUT2D eigenvalue weighted by Gasteiger charge is 2.59. The largest absolute Gasteiger partial charge is 0.392 e. The number of nitrogens with zero attached hydrogens (tertiary/aromatic N) is 3. The van der Waals surface area contributed by atoms with Gasteiger partial charge in [-0.05, 0) is 119 Å². The molecule has 0 spiro atoms. The van der Waals surface area contributed by atoms with Gasteiger partial charge in [-0.1, -0.05) is 26.1 Å². The fourth-order valence-electron chi connectivity index (χ4n) is 9.30. The van der Waals surface area contributed by atoms with Gasteiger partial charge in [0.1, 0.15) is 11.9 Å². The molecule has 8 heteroatoms. The Balaban J connectivity index is 1.51. The van der Waals surface area contributed by atoms with Crippen LogP contribution in [-0.2, 0) is 11.8 Å². The molecule has 3 aliphatic carbocycles. The molecule has 2 saturated carbocycles. The van der Waals surface area contributed by atoms with E-state index in [2.05, 4.69) is 79.9 Å². The first kappa shape index (κ1) is 33.1. The van der Waals surface area contributed by atoms with E-state index >= 15 is 0 Å². The van der Waals surface area contributed by atoms with Gasteiger partial charge in [-0.2, -0.15) is 5.26 Å². The molecule has 0 bridgehead atoms. The molecule has 1 saturated heterocycles. The van der Waals surface area contributed by atoms with Crippen LogP contribution in [0.3, 0.4) is 0 Å². The van der Waals surface area contributed by atoms with Gasteiger partial charge < -0.3 is 26.6 Å². The maximum Gasteiger partial charge on any atom is 0.251 e. The van der Waals surface area contributed by atoms with Crippen molar-refractivity contribution in [1.82, 2.24) is 20.9 Å². The van der Waals surface area contributed by atoms with Gasteiger partial charge in [0.15, 0.2) is 0 Å². The fraction of sp³-hybridized carbons (Fsp3) is 0.649. The number of nitriles is 1. The number of aliphatic imine (C=N–C) groups is 1. The molecule has 1 aromatic carbocycles. The lowest BCUT2D eigenvalue weighted by Gasteiger charge is -2.49. The Morgan fingerprint density at radius 3 is 2.60 bits per heavy atom. The molecule has 1 amide bonds. The smallest absolute Gasteiger partial charge is 0.251 e. The third-order valence-corrected chi connectivity index (χ3v) is 11.6. The van der Waals surface area contributed by atoms with Crippen LogP contribution in [0.1, 0.15) is 87.7 Å². The van der Waals surface area contributed by atoms with Crippen LogP contribution in [0.15, 0.2) is 47.7 Å². The van der Waals surface area contributed by atoms with Crippen LogP contribution < -0.4 is 21.7 Å². The highest BCUT2D eigenvalue weighted by atomic mass is 16.1. The van der Waals surface area contributed by atoms with Crippen LogP contribution in [0.2, 0.25) is 0 Å². The maximum atomic E-state index is 12.7. The normalized spacial score (nSPS) is 32.8. The van der Waals surface area contributed by atoms with Crippen molar-refractivity contribution in [1.29, 1.82) is 5.26 Å². The van der Waals surface area contributed by atoms with Gasteiger partial charge in [0, 0.05) is 55.7 Å². The summed E-state index contributed by atoms with van der Waals surface area (Å²) in [6.45, 7) is 18.2. The number of aryl methyl sites for hydroxylation is 1. The fourth-order valence-corrected chi connectivity index (χ4v) is 9.30. The highest BCUT2D eigenvalue weighted by molar-refractivity contribution is 5.96. The Morgan fingerprint density at radius 1 is 1.18 bits per heavy atom. The Kier molecular flexibility index (Phi) is 9.70. The minimum Gasteiger partial charge on any atom is -0.392 e. The first-order chi connectivity index (χ1) is 21.5. The van der Waals surface area contributed by atoms with E-state index in [0.717, 1.165) is 56.3 Å². The average molecular weight is 614 g/mol. The van der Waals surface area contributed by atoms with Crippen molar-refractivity contribution < 1.29 is 4.79 Å². The van der Waals surface area contributed by atoms with Crippen LogP contribution in [0, 0.1) is 40.9 Å². The van der Waals surface area contributed by atoms with Crippen LogP contribution in [0.25, 0.3) is 0 Å². The third-order valence-electron chi connectivity index (χ3n) is 11.6. The van der Waals surface area contributed by atoms with E-state index in [1.54, 1.807) is 7.05 Å². The van der Waals surface area contributed by atoms with Crippen molar-refractivity contribution in [2.24, 2.45) is 40.3 Å². The van der Waals surface area contributed by atoms with Crippen molar-refractivity contribution in [2.75, 3.05) is 20.6 Å². The Morgan fingerprint density at radius 2 is 1.93 bits per heavy atom. The standard InChI is InChI=1S/C37H55N7O/c1-21(2)43-36(39)37(18-22(3)42-20-23(4)44-30(19-38)17-31-24(5)34(31)44)32-13-11-26(25(6)40-7)15-27(32)9-10-28-16-29(35(45)41-8)12-14-33(28)37/h12,14,16,21-22,24,26-27,30-32,34,40,42H,4,6,9-11,13,15,17-18,20H2,1-3,5,7-8H3,(H2,39,43)(H,41,45)/t22-,24+,26?,27?,30?,31-,32?,34+,37?/m1/s1. The van der Waals surface area contributed by atoms with Crippen molar-refractivity contribution in [3.05, 3.63) is 59.4 Å². The molecule has 5 unspecified atom stereocenters. The van der Waals surface area contributed by atoms with Gasteiger partial charge in [-0.15, -0.1) is 0 Å². The summed E-state index contributed by atoms with van der Waals surface area (Å²) in [6.07, 6.45) is 6.86. The highest BCUT2D eigenvalue weighted by Crippen LogP contribution is 2.55. The van der Waals surface area contributed by atoms with E-state index in [9.17, 15) is 10.1 Å². The van der Waals surface area contributed by atoms with Gasteiger partial charge in [0.2, 0.25) is 0 Å². The predicted molar refractivity (Wildman–Crippen MR) is 183 cm³/mol. The summed E-state index contributed by atoms with van der Waals surface area (Å²) in [4.78, 5) is 20.1. The molecule has 3 fully saturated rings. The summed E-state index contributed by atoms with van der Waals surface area (Å²) in [5.41, 5.74) is 12.0. The van der Waals surface area contributed by atoms with E-state index in [1.165, 1.54) is 11.1 Å². The number of piperidine rings is 1. The van der Waals surface area contributed by atoms with Gasteiger partial charge in [0.25, 0.3) is 5.91 Å². The number of amides is 1. The topological polar surface area (TPSA) is 119 Å². The third kappa shape index (κ3) is 6.13. The Hall–Kier alpha value is -3.31. The number of amidine groups is 1. The summed E-state index contributed by atoms with van der Waals surface area (Å²) in [7, 11) is 3.66. The lowest BCUT2D eigenvalue weighted by molar-refractivity contribution is 0.0963. The molecular formula is C37H55N7O. The number of fused-ring (bicyclic) bond motifs is 3. The zero-order valence-corrected chi connectivity index (χ0v) is 28.3. The van der Waals surface area contributed by atoms with Gasteiger partial charge in [0.05, 0.1) is 11.5 Å². The average Bonchev–Trinajstić information content (AvgIpc) is 3.51. The Labute approximate surface area is 271 Å². The minimum absolute atomic E-state index is 0.0622. The molecule has 4 aliphatic rings. The second kappa shape index (κ2) is 13.2. The number of benzene rings is 1. The first-order valence-corrected chi connectivity index (χ1v) is 17.1. The quantitative estimate of drug-likeness (QED) is 0.209. The number of nitrogens with one attached hydrogen (secondary N) is 3. The van der Waals surface area contributed by atoms with E-state index in [0.29, 0.717) is 53.6 Å². The zero-order chi connectivity index (χ0) is 32.6. The molecule has 1 aromatic rings. The predicted octanol–water partition coefficient (Wildman–Crippen LogP) is 4.88. The number of rotatable bonds is 11. The number of hydrogen-bond acceptors (Lipinski definition) is 6. The van der Waals surface area contributed by atoms with Crippen molar-refractivity contribution in [2.45, 2.75) is 102 Å². The van der Waals surface area contributed by atoms with E-state index in [1.807, 2.05) is 13.1 Å². The zero-order valence-electron chi connectivity index (χ0n) is 28.3. The van der Waals surface area contributed by atoms with Crippen LogP contribution in [-0.4, -0.2) is 61.5 Å². The number of carbonyl (C=O) groups is 1. The lowest BCUT2D eigenvalue weighted by Crippen LogP contribution is -2.54. The van der Waals surface area contributed by atoms with Crippen LogP contribution >= 0.6 is 0 Å². The van der Waals surface area contributed by atoms with Gasteiger partial charge in [-0.3, -0.25) is 9.79 Å². The van der Waals surface area contributed by atoms with Crippen molar-refractivity contribution in [3.63, 3.8) is 0 Å². The summed E-state index contributed by atoms with van der Waals surface area (Å²) >= 11 is 0. The molecule has 45 heavy (non-hydrogen) atoms. The second-order valence-electron chi connectivity index (χ2n) is 14.6. The molecule has 5 rings (SSSR count). The van der Waals surface area contributed by atoms with Gasteiger partial charge >= 0.3 is 0 Å². The van der Waals surface area contributed by atoms with Crippen LogP contribution in [0.5, 0.6) is 0 Å². The van der Waals surface area contributed by atoms with E-state index < -0.39 is 5.41 Å². The molecule has 0 aromatic heterocycles. The van der Waals surface area contributed by atoms with E-state index in [-0.39, 0.29) is 24.0 Å². The minimum atomic E-state index is -0.485. The summed E-state index contributed by atoms with van der Waals surface area (Å²) < 4.78 is 0. The number of carbonyl (C=O) groups excluding carboxylic acids is 1. The molecular weight excluding hydrogens is 558 g/mol. The SMILES string of the molecule is C=C(NC)C1CCC2C(CCc3cc(C(=O)NC)ccc3C2(C[C@@H](C)NCC(=C)N2C(C#N)C[C@@H]3[C@H](C)[C@@H]32)C(N)=NC(C)C)C1. The lowest BCUT2D eigenvalue weighted by atomic mass is 9.56. The Bertz CT molecular complexity index is 1380. The molecule has 5 N–H and O–H groups in total. The molecule has 8 nitrogen and oxygen atoms in total. The first-order valence-electron chi connectivity index (χ1n) is 17.1. The molecule has 9 atom stereocenters. The molecule has 0 radical (unpaired) electrons. The number of hydrogen-bond donors (Lipinski definition) is 4. The molecule has 1 heterocycles. The monoisotopic (exact) mass is 613 g/mol. The summed E-state index contributed by atoms with van der Waals surface area (Å²) in [5.74, 6) is 3.08. The molecule has 244 valence electrons.